The Kier molecular flexibility index (Phi) is 3.11. The van der Waals surface area contributed by atoms with Crippen LogP contribution in [-0.2, 0) is 6.42 Å². The Balaban J connectivity index is 1.88. The molecule has 1 heterocycles. The highest BCUT2D eigenvalue weighted by molar-refractivity contribution is 5.97. The summed E-state index contributed by atoms with van der Waals surface area (Å²) < 4.78 is 5.59. The number of nitrogens with zero attached hydrogens (tertiary/aromatic N) is 1. The van der Waals surface area contributed by atoms with E-state index in [1.54, 1.807) is 0 Å². The minimum absolute atomic E-state index is 0.0309. The van der Waals surface area contributed by atoms with E-state index in [2.05, 4.69) is 11.1 Å². The molecular formula is C17H15NO2. The molecule has 3 aromatic rings. The summed E-state index contributed by atoms with van der Waals surface area (Å²) in [5, 5.41) is 0. The van der Waals surface area contributed by atoms with Crippen molar-refractivity contribution in [2.75, 3.05) is 0 Å². The van der Waals surface area contributed by atoms with Gasteiger partial charge in [0.05, 0.1) is 6.42 Å². The van der Waals surface area contributed by atoms with Crippen LogP contribution in [0, 0.1) is 13.8 Å². The maximum atomic E-state index is 12.3. The third kappa shape index (κ3) is 2.48. The molecule has 1 aromatic heterocycles. The van der Waals surface area contributed by atoms with Gasteiger partial charge in [-0.1, -0.05) is 29.3 Å². The Morgan fingerprint density at radius 2 is 1.80 bits per heavy atom. The molecule has 20 heavy (non-hydrogen) atoms. The fourth-order valence-corrected chi connectivity index (χ4v) is 2.37. The van der Waals surface area contributed by atoms with E-state index < -0.39 is 0 Å². The number of aromatic nitrogens is 1. The van der Waals surface area contributed by atoms with Crippen molar-refractivity contribution in [3.05, 3.63) is 65.0 Å². The van der Waals surface area contributed by atoms with Crippen molar-refractivity contribution >= 4 is 16.9 Å². The van der Waals surface area contributed by atoms with Gasteiger partial charge in [-0.2, -0.15) is 0 Å². The number of Topliss-reactive ketones (excluding diaryl/α,β-unsaturated/α-hetero) is 1. The van der Waals surface area contributed by atoms with Crippen LogP contribution in [0.2, 0.25) is 0 Å². The number of hydrogen-bond donors (Lipinski definition) is 0. The SMILES string of the molecule is Cc1cc(C)cc(C(=O)Cc2nc3ccccc3o2)c1. The zero-order chi connectivity index (χ0) is 14.1. The van der Waals surface area contributed by atoms with E-state index in [4.69, 9.17) is 4.42 Å². The first kappa shape index (κ1) is 12.6. The summed E-state index contributed by atoms with van der Waals surface area (Å²) in [5.74, 6) is 0.499. The van der Waals surface area contributed by atoms with E-state index in [0.29, 0.717) is 11.5 Å². The Morgan fingerprint density at radius 1 is 1.10 bits per heavy atom. The standard InChI is InChI=1S/C17H15NO2/c1-11-7-12(2)9-13(8-11)15(19)10-17-18-14-5-3-4-6-16(14)20-17/h3-9H,10H2,1-2H3. The fourth-order valence-electron chi connectivity index (χ4n) is 2.37. The quantitative estimate of drug-likeness (QED) is 0.675. The number of carbonyl (C=O) groups is 1. The molecule has 0 aliphatic rings. The van der Waals surface area contributed by atoms with Crippen LogP contribution in [0.5, 0.6) is 0 Å². The molecule has 2 aromatic carbocycles. The third-order valence-electron chi connectivity index (χ3n) is 3.19. The van der Waals surface area contributed by atoms with Crippen LogP contribution in [-0.4, -0.2) is 10.8 Å². The molecule has 0 amide bonds. The lowest BCUT2D eigenvalue weighted by atomic mass is 10.0. The number of para-hydroxylation sites is 2. The molecule has 3 nitrogen and oxygen atoms in total. The molecule has 0 spiro atoms. The van der Waals surface area contributed by atoms with Crippen molar-refractivity contribution in [1.82, 2.24) is 4.98 Å². The van der Waals surface area contributed by atoms with E-state index in [1.165, 1.54) is 0 Å². The van der Waals surface area contributed by atoms with Crippen LogP contribution in [0.4, 0.5) is 0 Å². The summed E-state index contributed by atoms with van der Waals surface area (Å²) in [4.78, 5) is 16.6. The summed E-state index contributed by atoms with van der Waals surface area (Å²) >= 11 is 0. The second-order valence-corrected chi connectivity index (χ2v) is 5.05. The van der Waals surface area contributed by atoms with Gasteiger partial charge in [0, 0.05) is 5.56 Å². The summed E-state index contributed by atoms with van der Waals surface area (Å²) in [5.41, 5.74) is 4.40. The highest BCUT2D eigenvalue weighted by Gasteiger charge is 2.13. The van der Waals surface area contributed by atoms with E-state index in [1.807, 2.05) is 50.2 Å². The molecular weight excluding hydrogens is 250 g/mol. The molecule has 0 saturated heterocycles. The summed E-state index contributed by atoms with van der Waals surface area (Å²) in [7, 11) is 0. The predicted molar refractivity (Wildman–Crippen MR) is 78.0 cm³/mol. The Hall–Kier alpha value is -2.42. The van der Waals surface area contributed by atoms with Crippen molar-refractivity contribution in [1.29, 1.82) is 0 Å². The number of oxazole rings is 1. The van der Waals surface area contributed by atoms with Crippen LogP contribution in [0.1, 0.15) is 27.4 Å². The Morgan fingerprint density at radius 3 is 2.50 bits per heavy atom. The molecule has 100 valence electrons. The van der Waals surface area contributed by atoms with Crippen molar-refractivity contribution in [3.8, 4) is 0 Å². The highest BCUT2D eigenvalue weighted by atomic mass is 16.3. The summed E-state index contributed by atoms with van der Waals surface area (Å²) in [6, 6.07) is 13.4. The molecule has 0 saturated carbocycles. The van der Waals surface area contributed by atoms with Gasteiger partial charge in [-0.15, -0.1) is 0 Å². The maximum absolute atomic E-state index is 12.3. The van der Waals surface area contributed by atoms with Gasteiger partial charge in [-0.05, 0) is 38.1 Å². The lowest BCUT2D eigenvalue weighted by molar-refractivity contribution is 0.0986. The van der Waals surface area contributed by atoms with Crippen LogP contribution < -0.4 is 0 Å². The van der Waals surface area contributed by atoms with Crippen LogP contribution in [0.3, 0.4) is 0 Å². The molecule has 0 fully saturated rings. The topological polar surface area (TPSA) is 43.1 Å². The number of benzene rings is 2. The predicted octanol–water partition coefficient (Wildman–Crippen LogP) is 3.87. The van der Waals surface area contributed by atoms with E-state index >= 15 is 0 Å². The van der Waals surface area contributed by atoms with Gasteiger partial charge in [0.25, 0.3) is 0 Å². The Bertz CT molecular complexity index is 733. The molecule has 3 heteroatoms. The van der Waals surface area contributed by atoms with Gasteiger partial charge in [0.15, 0.2) is 11.4 Å². The normalized spacial score (nSPS) is 10.9. The fraction of sp³-hybridized carbons (Fsp3) is 0.176. The van der Waals surface area contributed by atoms with Crippen LogP contribution in [0.15, 0.2) is 46.9 Å². The number of fused-ring (bicyclic) bond motifs is 1. The van der Waals surface area contributed by atoms with E-state index in [0.717, 1.165) is 22.2 Å². The van der Waals surface area contributed by atoms with Gasteiger partial charge in [-0.3, -0.25) is 4.79 Å². The first-order chi connectivity index (χ1) is 9.61. The molecule has 0 aliphatic carbocycles. The molecule has 3 rings (SSSR count). The lowest BCUT2D eigenvalue weighted by Crippen LogP contribution is -2.04. The first-order valence-corrected chi connectivity index (χ1v) is 6.58. The van der Waals surface area contributed by atoms with E-state index in [9.17, 15) is 4.79 Å². The molecule has 0 unspecified atom stereocenters. The van der Waals surface area contributed by atoms with Gasteiger partial charge in [-0.25, -0.2) is 4.98 Å². The van der Waals surface area contributed by atoms with E-state index in [-0.39, 0.29) is 12.2 Å². The van der Waals surface area contributed by atoms with Gasteiger partial charge >= 0.3 is 0 Å². The third-order valence-corrected chi connectivity index (χ3v) is 3.19. The zero-order valence-electron chi connectivity index (χ0n) is 11.5. The smallest absolute Gasteiger partial charge is 0.203 e. The second kappa shape index (κ2) is 4.93. The second-order valence-electron chi connectivity index (χ2n) is 5.05. The van der Waals surface area contributed by atoms with Gasteiger partial charge < -0.3 is 4.42 Å². The average Bonchev–Trinajstić information content (AvgIpc) is 2.79. The lowest BCUT2D eigenvalue weighted by Gasteiger charge is -2.02. The summed E-state index contributed by atoms with van der Waals surface area (Å²) in [6.45, 7) is 3.98. The maximum Gasteiger partial charge on any atom is 0.203 e. The minimum Gasteiger partial charge on any atom is -0.440 e. The van der Waals surface area contributed by atoms with Crippen molar-refractivity contribution in [2.24, 2.45) is 0 Å². The molecule has 0 atom stereocenters. The number of ketones is 1. The molecule has 0 N–H and O–H groups in total. The van der Waals surface area contributed by atoms with Crippen molar-refractivity contribution < 1.29 is 9.21 Å². The van der Waals surface area contributed by atoms with Crippen LogP contribution >= 0.6 is 0 Å². The van der Waals surface area contributed by atoms with Gasteiger partial charge in [0.1, 0.15) is 5.52 Å². The average molecular weight is 265 g/mol. The first-order valence-electron chi connectivity index (χ1n) is 6.58. The molecule has 0 aliphatic heterocycles. The number of hydrogen-bond acceptors (Lipinski definition) is 3. The summed E-state index contributed by atoms with van der Waals surface area (Å²) in [6.07, 6.45) is 0.192. The van der Waals surface area contributed by atoms with Crippen molar-refractivity contribution in [3.63, 3.8) is 0 Å². The number of carbonyl (C=O) groups excluding carboxylic acids is 1. The molecule has 0 bridgehead atoms. The number of rotatable bonds is 3. The zero-order valence-corrected chi connectivity index (χ0v) is 11.5. The monoisotopic (exact) mass is 265 g/mol. The minimum atomic E-state index is 0.0309. The highest BCUT2D eigenvalue weighted by Crippen LogP contribution is 2.17. The van der Waals surface area contributed by atoms with Crippen molar-refractivity contribution in [2.45, 2.75) is 20.3 Å². The molecule has 0 radical (unpaired) electrons. The van der Waals surface area contributed by atoms with Gasteiger partial charge in [0.2, 0.25) is 5.89 Å². The van der Waals surface area contributed by atoms with Crippen LogP contribution in [0.25, 0.3) is 11.1 Å². The Labute approximate surface area is 117 Å². The number of aryl methyl sites for hydroxylation is 2. The largest absolute Gasteiger partial charge is 0.440 e.